The molecule has 1 heterocycles. The van der Waals surface area contributed by atoms with Crippen molar-refractivity contribution in [1.82, 2.24) is 5.32 Å². The molecule has 72 heavy (non-hydrogen) atoms. The lowest BCUT2D eigenvalue weighted by molar-refractivity contribution is -0.305. The van der Waals surface area contributed by atoms with Crippen LogP contribution in [0.3, 0.4) is 0 Å². The fraction of sp³-hybridized carbons (Fsp3) is 0.869. The van der Waals surface area contributed by atoms with E-state index in [-0.39, 0.29) is 13.0 Å². The summed E-state index contributed by atoms with van der Waals surface area (Å²) < 4.78 is 17.6. The minimum atomic E-state index is -1.61. The van der Waals surface area contributed by atoms with Crippen LogP contribution in [0.1, 0.15) is 278 Å². The maximum absolute atomic E-state index is 13.4. The molecule has 8 atom stereocenters. The Hall–Kier alpha value is -2.12. The van der Waals surface area contributed by atoms with Gasteiger partial charge in [0.15, 0.2) is 12.4 Å². The van der Waals surface area contributed by atoms with Crippen LogP contribution in [0.15, 0.2) is 36.5 Å². The number of unbranched alkanes of at least 4 members (excludes halogenated alkanes) is 33. The van der Waals surface area contributed by atoms with Gasteiger partial charge in [-0.2, -0.15) is 0 Å². The molecule has 1 rings (SSSR count). The number of aliphatic hydroxyl groups excluding tert-OH is 5. The van der Waals surface area contributed by atoms with Crippen LogP contribution in [0.2, 0.25) is 0 Å². The molecule has 0 spiro atoms. The number of esters is 1. The Labute approximate surface area is 441 Å². The molecule has 0 radical (unpaired) electrons. The predicted octanol–water partition coefficient (Wildman–Crippen LogP) is 13.9. The van der Waals surface area contributed by atoms with Gasteiger partial charge in [0.05, 0.1) is 25.4 Å². The molecule has 0 bridgehead atoms. The monoisotopic (exact) mass is 1020 g/mol. The predicted molar refractivity (Wildman–Crippen MR) is 297 cm³/mol. The summed E-state index contributed by atoms with van der Waals surface area (Å²) >= 11 is 0. The van der Waals surface area contributed by atoms with Crippen molar-refractivity contribution in [2.24, 2.45) is 0 Å². The fourth-order valence-electron chi connectivity index (χ4n) is 9.45. The quantitative estimate of drug-likeness (QED) is 0.0195. The van der Waals surface area contributed by atoms with Gasteiger partial charge in [0.2, 0.25) is 5.91 Å². The van der Waals surface area contributed by atoms with Crippen molar-refractivity contribution in [2.45, 2.75) is 327 Å². The van der Waals surface area contributed by atoms with Crippen LogP contribution in [-0.2, 0) is 23.8 Å². The Kier molecular flexibility index (Phi) is 46.9. The molecule has 11 heteroatoms. The molecular weight excluding hydrogens is 907 g/mol. The molecule has 0 aromatic carbocycles. The summed E-state index contributed by atoms with van der Waals surface area (Å²) in [5, 5.41) is 56.9. The Morgan fingerprint density at radius 2 is 0.958 bits per heavy atom. The molecule has 1 amide bonds. The number of carbonyl (C=O) groups excluding carboxylic acids is 2. The number of amides is 1. The van der Waals surface area contributed by atoms with Gasteiger partial charge in [0, 0.05) is 6.42 Å². The van der Waals surface area contributed by atoms with Gasteiger partial charge in [-0.3, -0.25) is 9.59 Å². The SMILES string of the molecule is CCCCC/C=C\C/C=C\CCCCCCCCCC(=O)OC1C(OCC(NC(=O)C(O)CCCCCCCCCCCCCCCC)C(O)/C=C/CCCCCCCCCCCC)OC(CO)C(O)C1O. The number of allylic oxidation sites excluding steroid dienone is 5. The molecule has 11 nitrogen and oxygen atoms in total. The van der Waals surface area contributed by atoms with Crippen LogP contribution in [0.25, 0.3) is 0 Å². The molecular formula is C61H113NO10. The minimum absolute atomic E-state index is 0.117. The highest BCUT2D eigenvalue weighted by Crippen LogP contribution is 2.26. The molecule has 1 aliphatic heterocycles. The molecule has 1 saturated heterocycles. The normalized spacial score (nSPS) is 19.7. The van der Waals surface area contributed by atoms with E-state index < -0.39 is 67.4 Å². The van der Waals surface area contributed by atoms with Gasteiger partial charge in [0.1, 0.15) is 24.4 Å². The summed E-state index contributed by atoms with van der Waals surface area (Å²) in [6, 6.07) is -1.02. The van der Waals surface area contributed by atoms with Crippen molar-refractivity contribution in [3.05, 3.63) is 36.5 Å². The second-order valence-electron chi connectivity index (χ2n) is 21.1. The van der Waals surface area contributed by atoms with E-state index in [0.717, 1.165) is 77.0 Å². The molecule has 0 saturated carbocycles. The van der Waals surface area contributed by atoms with Gasteiger partial charge in [-0.1, -0.05) is 250 Å². The zero-order chi connectivity index (χ0) is 52.5. The number of rotatable bonds is 51. The number of ether oxygens (including phenoxy) is 3. The highest BCUT2D eigenvalue weighted by molar-refractivity contribution is 5.80. The van der Waals surface area contributed by atoms with Crippen LogP contribution >= 0.6 is 0 Å². The van der Waals surface area contributed by atoms with Gasteiger partial charge in [-0.15, -0.1) is 0 Å². The average Bonchev–Trinajstić information content (AvgIpc) is 3.38. The molecule has 0 aromatic rings. The zero-order valence-corrected chi connectivity index (χ0v) is 46.6. The van der Waals surface area contributed by atoms with Crippen molar-refractivity contribution in [3.8, 4) is 0 Å². The largest absolute Gasteiger partial charge is 0.454 e. The molecule has 8 unspecified atom stereocenters. The van der Waals surface area contributed by atoms with Crippen LogP contribution in [0.4, 0.5) is 0 Å². The van der Waals surface area contributed by atoms with Gasteiger partial charge in [-0.25, -0.2) is 0 Å². The van der Waals surface area contributed by atoms with Crippen LogP contribution in [0, 0.1) is 0 Å². The summed E-state index contributed by atoms with van der Waals surface area (Å²) in [7, 11) is 0. The van der Waals surface area contributed by atoms with E-state index in [1.54, 1.807) is 6.08 Å². The molecule has 1 aliphatic rings. The van der Waals surface area contributed by atoms with Crippen molar-refractivity contribution < 1.29 is 49.3 Å². The van der Waals surface area contributed by atoms with Crippen LogP contribution in [0.5, 0.6) is 0 Å². The summed E-state index contributed by atoms with van der Waals surface area (Å²) in [6.45, 7) is 5.77. The van der Waals surface area contributed by atoms with Crippen molar-refractivity contribution in [1.29, 1.82) is 0 Å². The van der Waals surface area contributed by atoms with Gasteiger partial charge in [0.25, 0.3) is 0 Å². The minimum Gasteiger partial charge on any atom is -0.454 e. The van der Waals surface area contributed by atoms with Gasteiger partial charge < -0.3 is 45.1 Å². The summed E-state index contributed by atoms with van der Waals surface area (Å²) in [4.78, 5) is 26.5. The van der Waals surface area contributed by atoms with E-state index in [1.165, 1.54) is 154 Å². The van der Waals surface area contributed by atoms with E-state index in [1.807, 2.05) is 6.08 Å². The standard InChI is InChI=1S/C61H113NO10/c1-4-7-10-13-16-19-22-25-27-28-29-31-34-37-40-43-46-49-56(66)72-59-58(68)57(67)55(50-63)71-61(59)70-51-52(53(64)47-44-41-38-35-32-24-21-18-15-12-9-6-3)62-60(69)54(65)48-45-42-39-36-33-30-26-23-20-17-14-11-8-5-2/h16,19,25,27,44,47,52-55,57-59,61,63-65,67-68H,4-15,17-18,20-24,26,28-43,45-46,48-51H2,1-3H3,(H,62,69)/b19-16-,27-25-,47-44+. The molecule has 6 N–H and O–H groups in total. The topological polar surface area (TPSA) is 175 Å². The first-order valence-corrected chi connectivity index (χ1v) is 30.3. The van der Waals surface area contributed by atoms with Gasteiger partial charge in [-0.05, 0) is 57.8 Å². The number of hydrogen-bond acceptors (Lipinski definition) is 10. The van der Waals surface area contributed by atoms with Crippen molar-refractivity contribution in [2.75, 3.05) is 13.2 Å². The number of nitrogens with one attached hydrogen (secondary N) is 1. The lowest BCUT2D eigenvalue weighted by Gasteiger charge is -2.41. The fourth-order valence-corrected chi connectivity index (χ4v) is 9.45. The Bertz CT molecular complexity index is 1310. The maximum Gasteiger partial charge on any atom is 0.306 e. The third-order valence-electron chi connectivity index (χ3n) is 14.3. The summed E-state index contributed by atoms with van der Waals surface area (Å²) in [5.41, 5.74) is 0. The van der Waals surface area contributed by atoms with E-state index in [2.05, 4.69) is 50.4 Å². The second kappa shape index (κ2) is 49.7. The average molecular weight is 1020 g/mol. The Morgan fingerprint density at radius 3 is 1.44 bits per heavy atom. The Morgan fingerprint density at radius 1 is 0.542 bits per heavy atom. The highest BCUT2D eigenvalue weighted by Gasteiger charge is 2.47. The zero-order valence-electron chi connectivity index (χ0n) is 46.6. The molecule has 1 fully saturated rings. The number of hydrogen-bond donors (Lipinski definition) is 6. The maximum atomic E-state index is 13.4. The first kappa shape index (κ1) is 67.9. The van der Waals surface area contributed by atoms with Crippen LogP contribution in [-0.4, -0.2) is 99.6 Å². The van der Waals surface area contributed by atoms with Crippen molar-refractivity contribution >= 4 is 11.9 Å². The molecule has 0 aliphatic carbocycles. The first-order valence-electron chi connectivity index (χ1n) is 30.3. The lowest BCUT2D eigenvalue weighted by Crippen LogP contribution is -2.61. The van der Waals surface area contributed by atoms with Gasteiger partial charge >= 0.3 is 5.97 Å². The smallest absolute Gasteiger partial charge is 0.306 e. The molecule has 0 aromatic heterocycles. The number of carbonyl (C=O) groups is 2. The Balaban J connectivity index is 2.70. The van der Waals surface area contributed by atoms with Crippen molar-refractivity contribution in [3.63, 3.8) is 0 Å². The van der Waals surface area contributed by atoms with Crippen LogP contribution < -0.4 is 5.32 Å². The van der Waals surface area contributed by atoms with E-state index in [9.17, 15) is 35.1 Å². The third kappa shape index (κ3) is 37.6. The first-order chi connectivity index (χ1) is 35.2. The third-order valence-corrected chi connectivity index (χ3v) is 14.3. The summed E-state index contributed by atoms with van der Waals surface area (Å²) in [6.07, 6.45) is 47.5. The highest BCUT2D eigenvalue weighted by atomic mass is 16.7. The van der Waals surface area contributed by atoms with E-state index in [4.69, 9.17) is 14.2 Å². The molecule has 422 valence electrons. The summed E-state index contributed by atoms with van der Waals surface area (Å²) in [5.74, 6) is -1.19. The lowest BCUT2D eigenvalue weighted by atomic mass is 9.99. The van der Waals surface area contributed by atoms with E-state index in [0.29, 0.717) is 19.3 Å². The number of aliphatic hydroxyl groups is 5. The van der Waals surface area contributed by atoms with E-state index >= 15 is 0 Å². The second-order valence-corrected chi connectivity index (χ2v) is 21.1.